The predicted octanol–water partition coefficient (Wildman–Crippen LogP) is 7.45. The molecule has 2 heteroatoms. The maximum atomic E-state index is 9.08. The van der Waals surface area contributed by atoms with Gasteiger partial charge in [0, 0.05) is 12.7 Å². The van der Waals surface area contributed by atoms with Gasteiger partial charge in [-0.15, -0.1) is 0 Å². The molecule has 2 nitrogen and oxygen atoms in total. The van der Waals surface area contributed by atoms with Crippen LogP contribution in [0.1, 0.15) is 77.6 Å². The Kier molecular flexibility index (Phi) is 3.94. The van der Waals surface area contributed by atoms with Crippen molar-refractivity contribution in [2.45, 2.75) is 64.3 Å². The molecule has 0 amide bonds. The molecule has 0 bridgehead atoms. The van der Waals surface area contributed by atoms with Crippen molar-refractivity contribution in [3.8, 4) is 0 Å². The Hall–Kier alpha value is -2.84. The minimum Gasteiger partial charge on any atom is -0.356 e. The van der Waals surface area contributed by atoms with Crippen LogP contribution in [0.25, 0.3) is 6.05 Å². The Labute approximate surface area is 202 Å². The van der Waals surface area contributed by atoms with Crippen molar-refractivity contribution >= 4 is 17.4 Å². The van der Waals surface area contributed by atoms with Gasteiger partial charge in [-0.25, -0.2) is 0 Å². The van der Waals surface area contributed by atoms with Gasteiger partial charge in [-0.2, -0.15) is 0 Å². The molecule has 3 aromatic carbocycles. The fourth-order valence-corrected chi connectivity index (χ4v) is 3.71. The third kappa shape index (κ3) is 4.66. The number of hydrogen-bond donors (Lipinski definition) is 2. The van der Waals surface area contributed by atoms with Gasteiger partial charge in [0.25, 0.3) is 0 Å². The summed E-state index contributed by atoms with van der Waals surface area (Å²) in [6, 6.07) is 13.8. The predicted molar refractivity (Wildman–Crippen MR) is 139 cm³/mol. The summed E-state index contributed by atoms with van der Waals surface area (Å²) in [5, 5.41) is 3.08. The SMILES string of the molecule is [2H]C1=C([2H])C(N)(c2ccc(C(C)(C)C)cc2)C([2H])c2c([2H])c([2H])c(Nc3ccc(C(C)(C)C)cc3)c([2H])c21. The Balaban J connectivity index is 1.83. The van der Waals surface area contributed by atoms with E-state index in [1.807, 2.05) is 36.4 Å². The van der Waals surface area contributed by atoms with Crippen molar-refractivity contribution < 1.29 is 8.22 Å². The lowest BCUT2D eigenvalue weighted by Crippen LogP contribution is -2.38. The van der Waals surface area contributed by atoms with E-state index in [2.05, 4.69) is 46.9 Å². The average Bonchev–Trinajstić information content (AvgIpc) is 2.85. The van der Waals surface area contributed by atoms with Gasteiger partial charge < -0.3 is 11.1 Å². The molecule has 0 heterocycles. The summed E-state index contributed by atoms with van der Waals surface area (Å²) in [7, 11) is 0. The molecule has 0 saturated carbocycles. The van der Waals surface area contributed by atoms with Gasteiger partial charge >= 0.3 is 0 Å². The first-order chi connectivity index (χ1) is 17.5. The molecular formula is C30H36N2. The lowest BCUT2D eigenvalue weighted by molar-refractivity contribution is 0.550. The molecule has 0 aromatic heterocycles. The first-order valence-corrected chi connectivity index (χ1v) is 11.0. The van der Waals surface area contributed by atoms with Crippen LogP contribution in [0.5, 0.6) is 0 Å². The summed E-state index contributed by atoms with van der Waals surface area (Å²) < 4.78 is 53.1. The molecule has 0 aliphatic heterocycles. The maximum Gasteiger partial charge on any atom is 0.0651 e. The number of nitrogens with two attached hydrogens (primary N) is 1. The van der Waals surface area contributed by atoms with Crippen LogP contribution in [0.15, 0.2) is 72.7 Å². The van der Waals surface area contributed by atoms with Gasteiger partial charge in [0.15, 0.2) is 0 Å². The Bertz CT molecular complexity index is 1410. The van der Waals surface area contributed by atoms with Crippen molar-refractivity contribution in [1.82, 2.24) is 0 Å². The first-order valence-electron chi connectivity index (χ1n) is 14.1. The lowest BCUT2D eigenvalue weighted by atomic mass is 9.78. The molecule has 2 unspecified atom stereocenters. The molecule has 4 rings (SSSR count). The van der Waals surface area contributed by atoms with Gasteiger partial charge in [-0.3, -0.25) is 0 Å². The topological polar surface area (TPSA) is 38.0 Å². The monoisotopic (exact) mass is 430 g/mol. The number of benzene rings is 3. The molecule has 3 N–H and O–H groups in total. The molecule has 0 spiro atoms. The second-order valence-electron chi connectivity index (χ2n) is 10.6. The van der Waals surface area contributed by atoms with E-state index in [4.69, 9.17) is 14.0 Å². The van der Waals surface area contributed by atoms with Crippen molar-refractivity contribution in [3.05, 3.63) is 101 Å². The van der Waals surface area contributed by atoms with Gasteiger partial charge in [0.2, 0.25) is 0 Å². The van der Waals surface area contributed by atoms with Crippen LogP contribution in [0.4, 0.5) is 11.4 Å². The van der Waals surface area contributed by atoms with E-state index in [-0.39, 0.29) is 57.9 Å². The van der Waals surface area contributed by atoms with Crippen molar-refractivity contribution in [3.63, 3.8) is 0 Å². The van der Waals surface area contributed by atoms with Gasteiger partial charge in [0.1, 0.15) is 0 Å². The molecular weight excluding hydrogens is 388 g/mol. The minimum atomic E-state index is -1.69. The van der Waals surface area contributed by atoms with Crippen LogP contribution >= 0.6 is 0 Å². The second-order valence-corrected chi connectivity index (χ2v) is 10.6. The summed E-state index contributed by atoms with van der Waals surface area (Å²) in [5.74, 6) is 0. The molecule has 0 radical (unpaired) electrons. The smallest absolute Gasteiger partial charge is 0.0651 e. The Morgan fingerprint density at radius 1 is 0.844 bits per heavy atom. The van der Waals surface area contributed by atoms with Crippen LogP contribution in [0, 0.1) is 0 Å². The van der Waals surface area contributed by atoms with E-state index < -0.39 is 11.9 Å². The third-order valence-electron chi connectivity index (χ3n) is 5.86. The highest BCUT2D eigenvalue weighted by Gasteiger charge is 2.29. The number of rotatable bonds is 3. The molecule has 1 aliphatic rings. The van der Waals surface area contributed by atoms with E-state index in [0.29, 0.717) is 11.3 Å². The minimum absolute atomic E-state index is 0.0113. The largest absolute Gasteiger partial charge is 0.356 e. The standard InChI is InChI=1S/C30H36N2/c1-28(2,3)23-8-10-25(11-9-23)30(31)18-17-21-19-27(14-7-22(21)20-30)32-26-15-12-24(13-16-26)29(4,5)6/h7-19,32H,20,31H2,1-6H3/i7D,14D,17D,18D,19D,20D. The maximum absolute atomic E-state index is 9.08. The van der Waals surface area contributed by atoms with Crippen LogP contribution in [0.3, 0.4) is 0 Å². The zero-order valence-electron chi connectivity index (χ0n) is 25.8. The zero-order chi connectivity index (χ0) is 28.4. The summed E-state index contributed by atoms with van der Waals surface area (Å²) in [5.41, 5.74) is 8.39. The summed E-state index contributed by atoms with van der Waals surface area (Å²) in [4.78, 5) is 0. The first kappa shape index (κ1) is 15.9. The highest BCUT2D eigenvalue weighted by molar-refractivity contribution is 5.68. The van der Waals surface area contributed by atoms with Crippen LogP contribution in [0.2, 0.25) is 0 Å². The molecule has 1 aliphatic carbocycles. The van der Waals surface area contributed by atoms with Gasteiger partial charge in [0.05, 0.1) is 12.4 Å². The van der Waals surface area contributed by atoms with Crippen LogP contribution < -0.4 is 11.1 Å². The van der Waals surface area contributed by atoms with Crippen LogP contribution in [-0.2, 0) is 22.8 Å². The molecule has 3 aromatic rings. The Morgan fingerprint density at radius 3 is 1.97 bits per heavy atom. The fraction of sp³-hybridized carbons (Fsp3) is 0.333. The van der Waals surface area contributed by atoms with E-state index in [0.717, 1.165) is 11.1 Å². The van der Waals surface area contributed by atoms with Crippen LogP contribution in [-0.4, -0.2) is 0 Å². The zero-order valence-corrected chi connectivity index (χ0v) is 19.8. The Morgan fingerprint density at radius 2 is 1.41 bits per heavy atom. The van der Waals surface area contributed by atoms with E-state index in [1.54, 1.807) is 12.1 Å². The number of anilines is 2. The fourth-order valence-electron chi connectivity index (χ4n) is 3.71. The summed E-state index contributed by atoms with van der Waals surface area (Å²) in [6.07, 6.45) is -1.33. The van der Waals surface area contributed by atoms with Crippen molar-refractivity contribution in [2.24, 2.45) is 5.73 Å². The summed E-state index contributed by atoms with van der Waals surface area (Å²) >= 11 is 0. The molecule has 2 atom stereocenters. The van der Waals surface area contributed by atoms with Gasteiger partial charge in [-0.1, -0.05) is 96.1 Å². The van der Waals surface area contributed by atoms with Gasteiger partial charge in [-0.05, 0) is 69.3 Å². The molecule has 166 valence electrons. The highest BCUT2D eigenvalue weighted by Crippen LogP contribution is 2.35. The summed E-state index contributed by atoms with van der Waals surface area (Å²) in [6.45, 7) is 12.6. The average molecular weight is 431 g/mol. The van der Waals surface area contributed by atoms with E-state index in [1.165, 1.54) is 0 Å². The van der Waals surface area contributed by atoms with Crippen molar-refractivity contribution in [1.29, 1.82) is 0 Å². The third-order valence-corrected chi connectivity index (χ3v) is 5.86. The van der Waals surface area contributed by atoms with E-state index >= 15 is 0 Å². The number of hydrogen-bond acceptors (Lipinski definition) is 2. The second kappa shape index (κ2) is 7.94. The lowest BCUT2D eigenvalue weighted by Gasteiger charge is -2.32. The molecule has 32 heavy (non-hydrogen) atoms. The van der Waals surface area contributed by atoms with Crippen molar-refractivity contribution in [2.75, 3.05) is 5.32 Å². The molecule has 0 fully saturated rings. The van der Waals surface area contributed by atoms with E-state index in [9.17, 15) is 0 Å². The normalized spacial score (nSPS) is 23.9. The number of fused-ring (bicyclic) bond motifs is 1. The quantitative estimate of drug-likeness (QED) is 0.453. The molecule has 0 saturated heterocycles. The highest BCUT2D eigenvalue weighted by atomic mass is 14.9. The number of nitrogens with one attached hydrogen (secondary N) is 1.